The molecule has 0 bridgehead atoms. The Kier molecular flexibility index (Phi) is 3.06. The third-order valence-electron chi connectivity index (χ3n) is 2.26. The first-order chi connectivity index (χ1) is 6.20. The Morgan fingerprint density at radius 1 is 1.62 bits per heavy atom. The number of nitrogens with one attached hydrogen (secondary N) is 1. The molecule has 2 amide bonds. The third-order valence-corrected chi connectivity index (χ3v) is 2.26. The van der Waals surface area contributed by atoms with Crippen LogP contribution in [0.3, 0.4) is 0 Å². The Morgan fingerprint density at radius 2 is 2.31 bits per heavy atom. The SMILES string of the molecule is C=CC(=O)N1CCC[C@H]1C(=O)NC. The number of nitrogens with zero attached hydrogens (tertiary/aromatic N) is 1. The molecule has 1 rings (SSSR count). The molecule has 1 saturated heterocycles. The number of rotatable bonds is 2. The average Bonchev–Trinajstić information content (AvgIpc) is 2.63. The minimum absolute atomic E-state index is 0.0901. The van der Waals surface area contributed by atoms with Crippen molar-refractivity contribution in [2.24, 2.45) is 0 Å². The van der Waals surface area contributed by atoms with Crippen LogP contribution in [0.25, 0.3) is 0 Å². The Labute approximate surface area is 77.6 Å². The molecule has 0 spiro atoms. The number of carbonyl (C=O) groups excluding carboxylic acids is 2. The van der Waals surface area contributed by atoms with Gasteiger partial charge in [0, 0.05) is 13.6 Å². The molecule has 4 heteroatoms. The zero-order valence-electron chi connectivity index (χ0n) is 7.75. The summed E-state index contributed by atoms with van der Waals surface area (Å²) in [5.41, 5.74) is 0. The van der Waals surface area contributed by atoms with Crippen molar-refractivity contribution >= 4 is 11.8 Å². The van der Waals surface area contributed by atoms with Crippen LogP contribution in [0.2, 0.25) is 0 Å². The van der Waals surface area contributed by atoms with Gasteiger partial charge in [-0.1, -0.05) is 6.58 Å². The Hall–Kier alpha value is -1.32. The molecule has 1 aliphatic rings. The molecule has 0 aromatic heterocycles. The van der Waals surface area contributed by atoms with E-state index in [4.69, 9.17) is 0 Å². The lowest BCUT2D eigenvalue weighted by molar-refractivity contribution is -0.134. The minimum atomic E-state index is -0.296. The molecule has 0 aliphatic carbocycles. The highest BCUT2D eigenvalue weighted by Gasteiger charge is 2.31. The van der Waals surface area contributed by atoms with Crippen molar-refractivity contribution in [2.75, 3.05) is 13.6 Å². The van der Waals surface area contributed by atoms with E-state index in [0.717, 1.165) is 12.8 Å². The Morgan fingerprint density at radius 3 is 2.85 bits per heavy atom. The first-order valence-corrected chi connectivity index (χ1v) is 4.35. The number of likely N-dealkylation sites (N-methyl/N-ethyl adjacent to an activating group) is 1. The normalized spacial score (nSPS) is 21.3. The van der Waals surface area contributed by atoms with Crippen LogP contribution in [0.1, 0.15) is 12.8 Å². The summed E-state index contributed by atoms with van der Waals surface area (Å²) in [4.78, 5) is 24.1. The second-order valence-corrected chi connectivity index (χ2v) is 3.01. The predicted molar refractivity (Wildman–Crippen MR) is 49.0 cm³/mol. The molecule has 0 saturated carbocycles. The lowest BCUT2D eigenvalue weighted by Crippen LogP contribution is -2.44. The van der Waals surface area contributed by atoms with E-state index in [1.54, 1.807) is 11.9 Å². The smallest absolute Gasteiger partial charge is 0.246 e. The molecule has 1 fully saturated rings. The minimum Gasteiger partial charge on any atom is -0.357 e. The predicted octanol–water partition coefficient (Wildman–Crippen LogP) is -0.0906. The number of hydrogen-bond donors (Lipinski definition) is 1. The topological polar surface area (TPSA) is 49.4 Å². The van der Waals surface area contributed by atoms with Gasteiger partial charge < -0.3 is 10.2 Å². The maximum absolute atomic E-state index is 11.3. The van der Waals surface area contributed by atoms with E-state index in [1.807, 2.05) is 0 Å². The Bertz CT molecular complexity index is 238. The lowest BCUT2D eigenvalue weighted by atomic mass is 10.2. The van der Waals surface area contributed by atoms with Crippen LogP contribution in [0.4, 0.5) is 0 Å². The van der Waals surface area contributed by atoms with Crippen LogP contribution in [0.5, 0.6) is 0 Å². The quantitative estimate of drug-likeness (QED) is 0.607. The monoisotopic (exact) mass is 182 g/mol. The summed E-state index contributed by atoms with van der Waals surface area (Å²) >= 11 is 0. The van der Waals surface area contributed by atoms with E-state index < -0.39 is 0 Å². The fourth-order valence-electron chi connectivity index (χ4n) is 1.59. The van der Waals surface area contributed by atoms with Crippen molar-refractivity contribution in [3.63, 3.8) is 0 Å². The van der Waals surface area contributed by atoms with E-state index in [9.17, 15) is 9.59 Å². The van der Waals surface area contributed by atoms with Gasteiger partial charge in [-0.25, -0.2) is 0 Å². The fourth-order valence-corrected chi connectivity index (χ4v) is 1.59. The molecule has 1 N–H and O–H groups in total. The molecule has 0 unspecified atom stereocenters. The van der Waals surface area contributed by atoms with Gasteiger partial charge in [0.15, 0.2) is 0 Å². The van der Waals surface area contributed by atoms with Crippen LogP contribution in [0.15, 0.2) is 12.7 Å². The van der Waals surface area contributed by atoms with Crippen molar-refractivity contribution in [3.8, 4) is 0 Å². The highest BCUT2D eigenvalue weighted by Crippen LogP contribution is 2.17. The number of hydrogen-bond acceptors (Lipinski definition) is 2. The van der Waals surface area contributed by atoms with Gasteiger partial charge in [0.05, 0.1) is 0 Å². The molecule has 1 aliphatic heterocycles. The maximum Gasteiger partial charge on any atom is 0.246 e. The second kappa shape index (κ2) is 4.07. The summed E-state index contributed by atoms with van der Waals surface area (Å²) in [6.07, 6.45) is 2.89. The summed E-state index contributed by atoms with van der Waals surface area (Å²) in [5, 5.41) is 2.55. The molecule has 1 heterocycles. The van der Waals surface area contributed by atoms with E-state index >= 15 is 0 Å². The number of amides is 2. The van der Waals surface area contributed by atoms with Crippen LogP contribution in [-0.2, 0) is 9.59 Å². The molecule has 0 radical (unpaired) electrons. The van der Waals surface area contributed by atoms with Crippen molar-refractivity contribution in [1.82, 2.24) is 10.2 Å². The third kappa shape index (κ3) is 1.88. The highest BCUT2D eigenvalue weighted by atomic mass is 16.2. The van der Waals surface area contributed by atoms with Crippen LogP contribution in [-0.4, -0.2) is 36.3 Å². The van der Waals surface area contributed by atoms with Crippen molar-refractivity contribution < 1.29 is 9.59 Å². The maximum atomic E-state index is 11.3. The van der Waals surface area contributed by atoms with Crippen molar-refractivity contribution in [2.45, 2.75) is 18.9 Å². The zero-order valence-corrected chi connectivity index (χ0v) is 7.75. The summed E-state index contributed by atoms with van der Waals surface area (Å²) in [7, 11) is 1.58. The summed E-state index contributed by atoms with van der Waals surface area (Å²) in [6, 6.07) is -0.296. The first-order valence-electron chi connectivity index (χ1n) is 4.35. The molecule has 0 aromatic carbocycles. The largest absolute Gasteiger partial charge is 0.357 e. The molecular formula is C9H14N2O2. The fraction of sp³-hybridized carbons (Fsp3) is 0.556. The van der Waals surface area contributed by atoms with Crippen LogP contribution < -0.4 is 5.32 Å². The van der Waals surface area contributed by atoms with Gasteiger partial charge in [-0.05, 0) is 18.9 Å². The highest BCUT2D eigenvalue weighted by molar-refractivity contribution is 5.92. The summed E-state index contributed by atoms with van der Waals surface area (Å²) < 4.78 is 0. The van der Waals surface area contributed by atoms with Gasteiger partial charge in [-0.3, -0.25) is 9.59 Å². The van der Waals surface area contributed by atoms with Gasteiger partial charge in [0.1, 0.15) is 6.04 Å². The number of carbonyl (C=O) groups is 2. The van der Waals surface area contributed by atoms with E-state index in [2.05, 4.69) is 11.9 Å². The average molecular weight is 182 g/mol. The van der Waals surface area contributed by atoms with E-state index in [-0.39, 0.29) is 17.9 Å². The molecule has 13 heavy (non-hydrogen) atoms. The standard InChI is InChI=1S/C9H14N2O2/c1-3-8(12)11-6-4-5-7(11)9(13)10-2/h3,7H,1,4-6H2,2H3,(H,10,13)/t7-/m0/s1. The molecule has 0 aromatic rings. The Balaban J connectivity index is 2.68. The molecule has 72 valence electrons. The van der Waals surface area contributed by atoms with Crippen molar-refractivity contribution in [1.29, 1.82) is 0 Å². The summed E-state index contributed by atoms with van der Waals surface area (Å²) in [6.45, 7) is 4.06. The second-order valence-electron chi connectivity index (χ2n) is 3.01. The van der Waals surface area contributed by atoms with Crippen LogP contribution >= 0.6 is 0 Å². The zero-order chi connectivity index (χ0) is 9.84. The van der Waals surface area contributed by atoms with E-state index in [1.165, 1.54) is 6.08 Å². The molecular weight excluding hydrogens is 168 g/mol. The molecule has 4 nitrogen and oxygen atoms in total. The van der Waals surface area contributed by atoms with Gasteiger partial charge in [0.2, 0.25) is 11.8 Å². The van der Waals surface area contributed by atoms with Crippen molar-refractivity contribution in [3.05, 3.63) is 12.7 Å². The summed E-state index contributed by atoms with van der Waals surface area (Å²) in [5.74, 6) is -0.251. The van der Waals surface area contributed by atoms with Gasteiger partial charge in [-0.15, -0.1) is 0 Å². The molecule has 1 atom stereocenters. The van der Waals surface area contributed by atoms with Gasteiger partial charge >= 0.3 is 0 Å². The van der Waals surface area contributed by atoms with Crippen LogP contribution in [0, 0.1) is 0 Å². The van der Waals surface area contributed by atoms with E-state index in [0.29, 0.717) is 6.54 Å². The lowest BCUT2D eigenvalue weighted by Gasteiger charge is -2.21. The first kappa shape index (κ1) is 9.77. The van der Waals surface area contributed by atoms with Gasteiger partial charge in [0.25, 0.3) is 0 Å². The van der Waals surface area contributed by atoms with Gasteiger partial charge in [-0.2, -0.15) is 0 Å². The number of likely N-dealkylation sites (tertiary alicyclic amines) is 1.